The quantitative estimate of drug-likeness (QED) is 0.912. The molecule has 2 rings (SSSR count). The van der Waals surface area contributed by atoms with E-state index in [1.54, 1.807) is 6.92 Å². The molecule has 1 fully saturated rings. The third kappa shape index (κ3) is 3.82. The lowest BCUT2D eigenvalue weighted by Gasteiger charge is -2.34. The topological polar surface area (TPSA) is 56.1 Å². The number of carbonyl (C=O) groups excluding carboxylic acids is 1. The van der Waals surface area contributed by atoms with Crippen molar-refractivity contribution in [3.63, 3.8) is 0 Å². The number of hydrogen-bond acceptors (Lipinski definition) is 3. The van der Waals surface area contributed by atoms with E-state index in [9.17, 15) is 4.79 Å². The van der Waals surface area contributed by atoms with Gasteiger partial charge < -0.3 is 5.32 Å². The van der Waals surface area contributed by atoms with Crippen molar-refractivity contribution >= 4 is 5.91 Å². The summed E-state index contributed by atoms with van der Waals surface area (Å²) in [5.74, 6) is -0.0188. The number of amides is 1. The van der Waals surface area contributed by atoms with Crippen molar-refractivity contribution in [1.82, 2.24) is 10.2 Å². The van der Waals surface area contributed by atoms with Gasteiger partial charge in [-0.05, 0) is 31.9 Å². The summed E-state index contributed by atoms with van der Waals surface area (Å²) in [7, 11) is 0. The van der Waals surface area contributed by atoms with Crippen LogP contribution >= 0.6 is 0 Å². The van der Waals surface area contributed by atoms with Gasteiger partial charge in [0.15, 0.2) is 0 Å². The van der Waals surface area contributed by atoms with E-state index < -0.39 is 6.04 Å². The number of benzene rings is 1. The van der Waals surface area contributed by atoms with Gasteiger partial charge in [-0.2, -0.15) is 5.26 Å². The molecule has 1 aliphatic heterocycles. The molecule has 4 nitrogen and oxygen atoms in total. The summed E-state index contributed by atoms with van der Waals surface area (Å²) in [6.45, 7) is 3.44. The van der Waals surface area contributed by atoms with Crippen molar-refractivity contribution in [3.8, 4) is 6.07 Å². The minimum absolute atomic E-state index is 0.0188. The average Bonchev–Trinajstić information content (AvgIpc) is 2.48. The van der Waals surface area contributed by atoms with Gasteiger partial charge in [0.2, 0.25) is 5.91 Å². The molecule has 1 saturated heterocycles. The fourth-order valence-corrected chi connectivity index (χ4v) is 2.64. The van der Waals surface area contributed by atoms with E-state index in [0.717, 1.165) is 32.4 Å². The molecule has 0 spiro atoms. The molecule has 2 atom stereocenters. The largest absolute Gasteiger partial charge is 0.339 e. The van der Waals surface area contributed by atoms with Crippen molar-refractivity contribution in [3.05, 3.63) is 35.9 Å². The third-order valence-electron chi connectivity index (χ3n) is 3.70. The second kappa shape index (κ2) is 7.06. The van der Waals surface area contributed by atoms with Crippen molar-refractivity contribution in [2.75, 3.05) is 6.54 Å². The molecule has 0 aromatic heterocycles. The van der Waals surface area contributed by atoms with Crippen LogP contribution in [0.1, 0.15) is 31.7 Å². The molecular weight excluding hydrogens is 250 g/mol. The fraction of sp³-hybridized carbons (Fsp3) is 0.500. The molecule has 1 aromatic rings. The van der Waals surface area contributed by atoms with Gasteiger partial charge in [-0.15, -0.1) is 0 Å². The van der Waals surface area contributed by atoms with Gasteiger partial charge in [0.25, 0.3) is 0 Å². The van der Waals surface area contributed by atoms with Crippen molar-refractivity contribution < 1.29 is 4.79 Å². The standard InChI is InChI=1S/C16H21N3O/c1-13(11-17)18-16(20)15-9-5-6-10-19(15)12-14-7-3-2-4-8-14/h2-4,7-8,13,15H,5-6,9-10,12H2,1H3,(H,18,20)/t13-,15-/m1/s1. The second-order valence-electron chi connectivity index (χ2n) is 5.33. The summed E-state index contributed by atoms with van der Waals surface area (Å²) in [5.41, 5.74) is 1.22. The molecule has 0 saturated carbocycles. The molecule has 1 aromatic carbocycles. The number of carbonyl (C=O) groups is 1. The van der Waals surface area contributed by atoms with Crippen LogP contribution in [-0.4, -0.2) is 29.4 Å². The van der Waals surface area contributed by atoms with Crippen molar-refractivity contribution in [2.45, 2.75) is 44.8 Å². The first-order valence-electron chi connectivity index (χ1n) is 7.18. The summed E-state index contributed by atoms with van der Waals surface area (Å²) >= 11 is 0. The lowest BCUT2D eigenvalue weighted by molar-refractivity contribution is -0.128. The zero-order valence-electron chi connectivity index (χ0n) is 11.9. The van der Waals surface area contributed by atoms with Crippen LogP contribution in [0.4, 0.5) is 0 Å². The number of likely N-dealkylation sites (tertiary alicyclic amines) is 1. The van der Waals surface area contributed by atoms with Gasteiger partial charge >= 0.3 is 0 Å². The first kappa shape index (κ1) is 14.5. The van der Waals surface area contributed by atoms with Crippen molar-refractivity contribution in [1.29, 1.82) is 5.26 Å². The third-order valence-corrected chi connectivity index (χ3v) is 3.70. The highest BCUT2D eigenvalue weighted by molar-refractivity contribution is 5.82. The summed E-state index contributed by atoms with van der Waals surface area (Å²) in [4.78, 5) is 14.5. The minimum atomic E-state index is -0.428. The van der Waals surface area contributed by atoms with Gasteiger partial charge in [0, 0.05) is 6.54 Å². The van der Waals surface area contributed by atoms with Crippen LogP contribution < -0.4 is 5.32 Å². The lowest BCUT2D eigenvalue weighted by Crippen LogP contribution is -2.50. The number of piperidine rings is 1. The van der Waals surface area contributed by atoms with Gasteiger partial charge in [0.05, 0.1) is 12.1 Å². The Balaban J connectivity index is 2.02. The molecule has 0 unspecified atom stereocenters. The van der Waals surface area contributed by atoms with E-state index >= 15 is 0 Å². The van der Waals surface area contributed by atoms with Crippen LogP contribution in [0.3, 0.4) is 0 Å². The van der Waals surface area contributed by atoms with E-state index in [2.05, 4.69) is 22.3 Å². The van der Waals surface area contributed by atoms with E-state index in [1.807, 2.05) is 24.3 Å². The zero-order chi connectivity index (χ0) is 14.4. The van der Waals surface area contributed by atoms with Gasteiger partial charge in [-0.3, -0.25) is 9.69 Å². The Labute approximate surface area is 120 Å². The molecule has 0 aliphatic carbocycles. The Kier molecular flexibility index (Phi) is 5.14. The highest BCUT2D eigenvalue weighted by Crippen LogP contribution is 2.20. The highest BCUT2D eigenvalue weighted by atomic mass is 16.2. The molecule has 106 valence electrons. The summed E-state index contributed by atoms with van der Waals surface area (Å²) in [6, 6.07) is 11.7. The fourth-order valence-electron chi connectivity index (χ4n) is 2.64. The predicted molar refractivity (Wildman–Crippen MR) is 77.7 cm³/mol. The van der Waals surface area contributed by atoms with Crippen LogP contribution in [0.25, 0.3) is 0 Å². The maximum atomic E-state index is 12.3. The van der Waals surface area contributed by atoms with Gasteiger partial charge in [-0.1, -0.05) is 36.8 Å². The van der Waals surface area contributed by atoms with Crippen LogP contribution in [0.5, 0.6) is 0 Å². The molecule has 1 N–H and O–H groups in total. The Bertz CT molecular complexity index is 480. The summed E-state index contributed by atoms with van der Waals surface area (Å²) in [5, 5.41) is 11.6. The van der Waals surface area contributed by atoms with E-state index in [-0.39, 0.29) is 11.9 Å². The molecular formula is C16H21N3O. The number of nitrogens with one attached hydrogen (secondary N) is 1. The molecule has 1 amide bonds. The molecule has 4 heteroatoms. The van der Waals surface area contributed by atoms with Crippen LogP contribution in [-0.2, 0) is 11.3 Å². The molecule has 0 radical (unpaired) electrons. The smallest absolute Gasteiger partial charge is 0.238 e. The lowest BCUT2D eigenvalue weighted by atomic mass is 10.00. The van der Waals surface area contributed by atoms with E-state index in [4.69, 9.17) is 5.26 Å². The van der Waals surface area contributed by atoms with E-state index in [0.29, 0.717) is 0 Å². The Morgan fingerprint density at radius 3 is 2.90 bits per heavy atom. The molecule has 20 heavy (non-hydrogen) atoms. The first-order valence-corrected chi connectivity index (χ1v) is 7.18. The monoisotopic (exact) mass is 271 g/mol. The van der Waals surface area contributed by atoms with Crippen molar-refractivity contribution in [2.24, 2.45) is 0 Å². The number of rotatable bonds is 4. The van der Waals surface area contributed by atoms with Crippen LogP contribution in [0.15, 0.2) is 30.3 Å². The molecule has 1 aliphatic rings. The number of nitriles is 1. The second-order valence-corrected chi connectivity index (χ2v) is 5.33. The molecule has 1 heterocycles. The first-order chi connectivity index (χ1) is 9.70. The maximum absolute atomic E-state index is 12.3. The molecule has 0 bridgehead atoms. The SMILES string of the molecule is C[C@H](C#N)NC(=O)[C@H]1CCCCN1Cc1ccccc1. The number of hydrogen-bond donors (Lipinski definition) is 1. The summed E-state index contributed by atoms with van der Waals surface area (Å²) in [6.07, 6.45) is 3.07. The number of nitrogens with zero attached hydrogens (tertiary/aromatic N) is 2. The Morgan fingerprint density at radius 2 is 2.20 bits per heavy atom. The highest BCUT2D eigenvalue weighted by Gasteiger charge is 2.29. The predicted octanol–water partition coefficient (Wildman–Crippen LogP) is 2.07. The zero-order valence-corrected chi connectivity index (χ0v) is 11.9. The average molecular weight is 271 g/mol. The maximum Gasteiger partial charge on any atom is 0.238 e. The van der Waals surface area contributed by atoms with Crippen LogP contribution in [0.2, 0.25) is 0 Å². The van der Waals surface area contributed by atoms with Crippen LogP contribution in [0, 0.1) is 11.3 Å². The Hall–Kier alpha value is -1.86. The summed E-state index contributed by atoms with van der Waals surface area (Å²) < 4.78 is 0. The van der Waals surface area contributed by atoms with Gasteiger partial charge in [-0.25, -0.2) is 0 Å². The minimum Gasteiger partial charge on any atom is -0.339 e. The van der Waals surface area contributed by atoms with E-state index in [1.165, 1.54) is 5.56 Å². The normalized spacial score (nSPS) is 20.9. The Morgan fingerprint density at radius 1 is 1.45 bits per heavy atom. The van der Waals surface area contributed by atoms with Gasteiger partial charge in [0.1, 0.15) is 6.04 Å².